The molecule has 0 radical (unpaired) electrons. The first-order valence-electron chi connectivity index (χ1n) is 4.79. The van der Waals surface area contributed by atoms with Crippen LogP contribution in [0.5, 0.6) is 0 Å². The van der Waals surface area contributed by atoms with Crippen LogP contribution >= 0.6 is 28.4 Å². The Labute approximate surface area is 108 Å². The van der Waals surface area contributed by atoms with Crippen LogP contribution in [0.2, 0.25) is 0 Å². The molecular formula is C10H10IN2O2P. The van der Waals surface area contributed by atoms with E-state index in [1.54, 1.807) is 6.92 Å². The van der Waals surface area contributed by atoms with Gasteiger partial charge in [-0.1, -0.05) is 18.2 Å². The van der Waals surface area contributed by atoms with Crippen LogP contribution in [0.1, 0.15) is 17.4 Å². The van der Waals surface area contributed by atoms with Gasteiger partial charge < -0.3 is 4.74 Å². The Hall–Kier alpha value is -0.680. The molecule has 0 N–H and O–H groups in total. The second kappa shape index (κ2) is 5.10. The zero-order valence-corrected chi connectivity index (χ0v) is 11.8. The number of rotatable bonds is 3. The average Bonchev–Trinajstić information content (AvgIpc) is 2.68. The van der Waals surface area contributed by atoms with Gasteiger partial charge in [-0.25, -0.2) is 9.25 Å². The van der Waals surface area contributed by atoms with Crippen molar-refractivity contribution in [3.8, 4) is 0 Å². The first-order valence-corrected chi connectivity index (χ1v) is 8.85. The standard InChI is InChI=1S/C10H10IN2O2P/c1-2-15-10(14)9-7-5-3-4-6-8(7)13(12-9)16-11/h3-6,16H,2H2,1H3. The molecule has 2 aromatic rings. The zero-order chi connectivity index (χ0) is 11.5. The molecule has 0 aliphatic rings. The van der Waals surface area contributed by atoms with Crippen molar-refractivity contribution >= 4 is 45.3 Å². The highest BCUT2D eigenvalue weighted by Crippen LogP contribution is 2.30. The number of nitrogens with zero attached hydrogens (tertiary/aromatic N) is 2. The Morgan fingerprint density at radius 3 is 3.00 bits per heavy atom. The van der Waals surface area contributed by atoms with Gasteiger partial charge in [0.15, 0.2) is 5.69 Å². The molecule has 0 fully saturated rings. The van der Waals surface area contributed by atoms with Crippen molar-refractivity contribution < 1.29 is 9.53 Å². The van der Waals surface area contributed by atoms with Gasteiger partial charge in [0.2, 0.25) is 0 Å². The predicted octanol–water partition coefficient (Wildman–Crippen LogP) is 3.00. The molecule has 0 saturated carbocycles. The number of benzene rings is 1. The molecule has 1 aromatic heterocycles. The Morgan fingerprint density at radius 2 is 2.31 bits per heavy atom. The monoisotopic (exact) mass is 348 g/mol. The van der Waals surface area contributed by atoms with Crippen molar-refractivity contribution in [1.29, 1.82) is 0 Å². The van der Waals surface area contributed by atoms with Crippen molar-refractivity contribution in [2.45, 2.75) is 6.92 Å². The van der Waals surface area contributed by atoms with E-state index in [-0.39, 0.29) is 5.97 Å². The number of aromatic nitrogens is 2. The van der Waals surface area contributed by atoms with Crippen LogP contribution in [0.3, 0.4) is 0 Å². The summed E-state index contributed by atoms with van der Waals surface area (Å²) >= 11 is 2.24. The fraction of sp³-hybridized carbons (Fsp3) is 0.200. The minimum Gasteiger partial charge on any atom is -0.461 e. The molecule has 1 aromatic carbocycles. The van der Waals surface area contributed by atoms with Crippen LogP contribution in [0.25, 0.3) is 10.9 Å². The van der Waals surface area contributed by atoms with E-state index in [1.165, 1.54) is 0 Å². The SMILES string of the molecule is CCOC(=O)c1nn(PI)c2ccccc12. The fourth-order valence-electron chi connectivity index (χ4n) is 1.48. The van der Waals surface area contributed by atoms with E-state index in [1.807, 2.05) is 28.7 Å². The molecule has 6 heteroatoms. The average molecular weight is 348 g/mol. The van der Waals surface area contributed by atoms with Crippen LogP contribution in [0.15, 0.2) is 24.3 Å². The molecule has 0 saturated heterocycles. The van der Waals surface area contributed by atoms with Gasteiger partial charge in [0.1, 0.15) is 0 Å². The first-order chi connectivity index (χ1) is 7.77. The topological polar surface area (TPSA) is 44.1 Å². The van der Waals surface area contributed by atoms with Gasteiger partial charge in [0.05, 0.1) is 18.5 Å². The van der Waals surface area contributed by atoms with E-state index in [0.29, 0.717) is 18.7 Å². The van der Waals surface area contributed by atoms with Gasteiger partial charge in [-0.05, 0) is 35.0 Å². The molecular weight excluding hydrogens is 338 g/mol. The van der Waals surface area contributed by atoms with E-state index >= 15 is 0 Å². The molecule has 84 valence electrons. The van der Waals surface area contributed by atoms with E-state index in [4.69, 9.17) is 4.74 Å². The number of carbonyl (C=O) groups is 1. The molecule has 2 rings (SSSR count). The summed E-state index contributed by atoms with van der Waals surface area (Å²) in [5.74, 6) is -0.355. The van der Waals surface area contributed by atoms with Crippen molar-refractivity contribution in [3.63, 3.8) is 0 Å². The lowest BCUT2D eigenvalue weighted by Crippen LogP contribution is -2.05. The van der Waals surface area contributed by atoms with Gasteiger partial charge in [-0.2, -0.15) is 5.10 Å². The van der Waals surface area contributed by atoms with Gasteiger partial charge in [0, 0.05) is 5.39 Å². The summed E-state index contributed by atoms with van der Waals surface area (Å²) in [7, 11) is 0. The highest BCUT2D eigenvalue weighted by molar-refractivity contribution is 14.2. The Kier molecular flexibility index (Phi) is 3.76. The maximum atomic E-state index is 11.7. The predicted molar refractivity (Wildman–Crippen MR) is 73.4 cm³/mol. The fourth-order valence-corrected chi connectivity index (χ4v) is 3.01. The van der Waals surface area contributed by atoms with Gasteiger partial charge >= 0.3 is 5.97 Å². The number of carbonyl (C=O) groups excluding carboxylic acids is 1. The highest BCUT2D eigenvalue weighted by atomic mass is 127. The lowest BCUT2D eigenvalue weighted by Gasteiger charge is -1.97. The number of esters is 1. The smallest absolute Gasteiger partial charge is 0.359 e. The number of ether oxygens (including phenoxy) is 1. The van der Waals surface area contributed by atoms with Crippen molar-refractivity contribution in [3.05, 3.63) is 30.0 Å². The van der Waals surface area contributed by atoms with Crippen LogP contribution in [0.4, 0.5) is 0 Å². The maximum Gasteiger partial charge on any atom is 0.359 e. The second-order valence-electron chi connectivity index (χ2n) is 3.08. The van der Waals surface area contributed by atoms with Crippen LogP contribution < -0.4 is 0 Å². The van der Waals surface area contributed by atoms with Crippen LogP contribution in [-0.2, 0) is 4.74 Å². The number of hydrogen-bond acceptors (Lipinski definition) is 3. The summed E-state index contributed by atoms with van der Waals surface area (Å²) in [4.78, 5) is 11.7. The quantitative estimate of drug-likeness (QED) is 0.487. The van der Waals surface area contributed by atoms with Crippen LogP contribution in [0, 0.1) is 0 Å². The van der Waals surface area contributed by atoms with Crippen LogP contribution in [-0.4, -0.2) is 22.1 Å². The first kappa shape index (κ1) is 11.8. The minimum atomic E-state index is -0.355. The van der Waals surface area contributed by atoms with Crippen molar-refractivity contribution in [1.82, 2.24) is 9.55 Å². The lowest BCUT2D eigenvalue weighted by molar-refractivity contribution is 0.0521. The summed E-state index contributed by atoms with van der Waals surface area (Å²) in [6.07, 6.45) is 0.467. The summed E-state index contributed by atoms with van der Waals surface area (Å²) in [6.45, 7) is 2.16. The third-order valence-corrected chi connectivity index (χ3v) is 4.01. The summed E-state index contributed by atoms with van der Waals surface area (Å²) < 4.78 is 6.80. The molecule has 1 atom stereocenters. The Balaban J connectivity index is 2.57. The van der Waals surface area contributed by atoms with Gasteiger partial charge in [-0.3, -0.25) is 0 Å². The maximum absolute atomic E-state index is 11.7. The zero-order valence-electron chi connectivity index (χ0n) is 8.61. The third-order valence-electron chi connectivity index (χ3n) is 2.14. The molecule has 1 unspecified atom stereocenters. The lowest BCUT2D eigenvalue weighted by atomic mass is 10.2. The molecule has 4 nitrogen and oxygen atoms in total. The third kappa shape index (κ3) is 2.06. The van der Waals surface area contributed by atoms with Crippen molar-refractivity contribution in [2.24, 2.45) is 0 Å². The van der Waals surface area contributed by atoms with Gasteiger partial charge in [0.25, 0.3) is 0 Å². The number of hydrogen-bond donors (Lipinski definition) is 0. The largest absolute Gasteiger partial charge is 0.461 e. The number of fused-ring (bicyclic) bond motifs is 1. The highest BCUT2D eigenvalue weighted by Gasteiger charge is 2.17. The summed E-state index contributed by atoms with van der Waals surface area (Å²) in [5.41, 5.74) is 1.37. The van der Waals surface area contributed by atoms with Gasteiger partial charge in [-0.15, -0.1) is 0 Å². The van der Waals surface area contributed by atoms with E-state index in [2.05, 4.69) is 27.1 Å². The summed E-state index contributed by atoms with van der Waals surface area (Å²) in [6, 6.07) is 7.68. The molecule has 0 aliphatic carbocycles. The normalized spacial score (nSPS) is 11.4. The molecule has 0 bridgehead atoms. The number of para-hydroxylation sites is 1. The molecule has 0 aliphatic heterocycles. The molecule has 1 heterocycles. The molecule has 0 spiro atoms. The van der Waals surface area contributed by atoms with E-state index in [9.17, 15) is 4.79 Å². The number of halogens is 1. The van der Waals surface area contributed by atoms with Crippen molar-refractivity contribution in [2.75, 3.05) is 6.61 Å². The Bertz CT molecular complexity index is 527. The minimum absolute atomic E-state index is 0.355. The van der Waals surface area contributed by atoms with E-state index < -0.39 is 0 Å². The summed E-state index contributed by atoms with van der Waals surface area (Å²) in [5, 5.41) is 5.13. The Morgan fingerprint density at radius 1 is 1.56 bits per heavy atom. The molecule has 16 heavy (non-hydrogen) atoms. The second-order valence-corrected chi connectivity index (χ2v) is 5.12. The van der Waals surface area contributed by atoms with E-state index in [0.717, 1.165) is 10.9 Å². The molecule has 0 amide bonds.